The Labute approximate surface area is 125 Å². The normalized spacial score (nSPS) is 15.8. The lowest BCUT2D eigenvalue weighted by molar-refractivity contribution is 0.373. The van der Waals surface area contributed by atoms with E-state index in [9.17, 15) is 0 Å². The molecule has 21 heavy (non-hydrogen) atoms. The Bertz CT molecular complexity index is 577. The van der Waals surface area contributed by atoms with E-state index in [4.69, 9.17) is 5.73 Å². The van der Waals surface area contributed by atoms with E-state index in [1.165, 1.54) is 32.1 Å². The average molecular weight is 282 g/mol. The molecule has 0 aliphatic heterocycles. The Hall–Kier alpha value is -2.10. The molecule has 3 N–H and O–H groups in total. The molecular formula is C17H22N4. The predicted octanol–water partition coefficient (Wildman–Crippen LogP) is 3.72. The minimum absolute atomic E-state index is 0.509. The van der Waals surface area contributed by atoms with Gasteiger partial charge in [0.2, 0.25) is 0 Å². The highest BCUT2D eigenvalue weighted by Gasteiger charge is 2.13. The Morgan fingerprint density at radius 3 is 2.57 bits per heavy atom. The van der Waals surface area contributed by atoms with Crippen LogP contribution in [0.1, 0.15) is 32.1 Å². The van der Waals surface area contributed by atoms with Crippen molar-refractivity contribution < 1.29 is 0 Å². The number of aromatic nitrogens is 2. The topological polar surface area (TPSA) is 63.8 Å². The van der Waals surface area contributed by atoms with E-state index in [1.807, 2.05) is 36.4 Å². The van der Waals surface area contributed by atoms with Crippen LogP contribution in [0, 0.1) is 5.92 Å². The van der Waals surface area contributed by atoms with Crippen LogP contribution < -0.4 is 11.1 Å². The van der Waals surface area contributed by atoms with Crippen molar-refractivity contribution in [3.05, 3.63) is 36.4 Å². The molecule has 0 amide bonds. The maximum absolute atomic E-state index is 5.91. The molecule has 1 heterocycles. The summed E-state index contributed by atoms with van der Waals surface area (Å²) in [6.07, 6.45) is 6.73. The van der Waals surface area contributed by atoms with Crippen molar-refractivity contribution >= 4 is 11.6 Å². The van der Waals surface area contributed by atoms with Gasteiger partial charge in [-0.1, -0.05) is 49.6 Å². The molecule has 0 radical (unpaired) electrons. The maximum atomic E-state index is 5.91. The second-order valence-electron chi connectivity index (χ2n) is 5.75. The Morgan fingerprint density at radius 2 is 1.81 bits per heavy atom. The van der Waals surface area contributed by atoms with Gasteiger partial charge in [-0.3, -0.25) is 0 Å². The molecule has 1 saturated carbocycles. The third-order valence-corrected chi connectivity index (χ3v) is 4.07. The number of nitrogens with two attached hydrogens (primary N) is 1. The van der Waals surface area contributed by atoms with Gasteiger partial charge in [0.25, 0.3) is 0 Å². The fraction of sp³-hybridized carbons (Fsp3) is 0.412. The SMILES string of the molecule is Nc1cc(NCC2CCCCC2)nc(-c2ccccc2)n1. The number of nitrogens with zero attached hydrogens (tertiary/aromatic N) is 2. The Morgan fingerprint density at radius 1 is 1.05 bits per heavy atom. The van der Waals surface area contributed by atoms with E-state index in [-0.39, 0.29) is 0 Å². The number of hydrogen-bond donors (Lipinski definition) is 2. The van der Waals surface area contributed by atoms with Crippen LogP contribution in [0.5, 0.6) is 0 Å². The quantitative estimate of drug-likeness (QED) is 0.897. The van der Waals surface area contributed by atoms with E-state index < -0.39 is 0 Å². The van der Waals surface area contributed by atoms with Crippen LogP contribution in [0.4, 0.5) is 11.6 Å². The van der Waals surface area contributed by atoms with Gasteiger partial charge in [0, 0.05) is 18.2 Å². The molecule has 0 atom stereocenters. The summed E-state index contributed by atoms with van der Waals surface area (Å²) in [5, 5.41) is 3.43. The molecule has 2 aromatic rings. The van der Waals surface area contributed by atoms with Crippen molar-refractivity contribution in [3.8, 4) is 11.4 Å². The van der Waals surface area contributed by atoms with E-state index >= 15 is 0 Å². The van der Waals surface area contributed by atoms with Crippen LogP contribution in [0.15, 0.2) is 36.4 Å². The van der Waals surface area contributed by atoms with E-state index in [1.54, 1.807) is 0 Å². The highest BCUT2D eigenvalue weighted by atomic mass is 15.0. The number of nitrogens with one attached hydrogen (secondary N) is 1. The van der Waals surface area contributed by atoms with Gasteiger partial charge in [-0.25, -0.2) is 9.97 Å². The lowest BCUT2D eigenvalue weighted by atomic mass is 9.89. The zero-order valence-corrected chi connectivity index (χ0v) is 12.3. The summed E-state index contributed by atoms with van der Waals surface area (Å²) < 4.78 is 0. The molecule has 1 fully saturated rings. The molecule has 1 aliphatic rings. The number of benzene rings is 1. The van der Waals surface area contributed by atoms with Gasteiger partial charge in [-0.05, 0) is 18.8 Å². The third kappa shape index (κ3) is 3.72. The van der Waals surface area contributed by atoms with E-state index in [2.05, 4.69) is 15.3 Å². The van der Waals surface area contributed by atoms with Crippen molar-refractivity contribution in [3.63, 3.8) is 0 Å². The summed E-state index contributed by atoms with van der Waals surface area (Å²) in [5.74, 6) is 2.78. The summed E-state index contributed by atoms with van der Waals surface area (Å²) in [6.45, 7) is 0.977. The number of anilines is 2. The highest BCUT2D eigenvalue weighted by molar-refractivity contribution is 5.60. The molecular weight excluding hydrogens is 260 g/mol. The number of rotatable bonds is 4. The summed E-state index contributed by atoms with van der Waals surface area (Å²) in [4.78, 5) is 8.91. The summed E-state index contributed by atoms with van der Waals surface area (Å²) in [5.41, 5.74) is 6.91. The lowest BCUT2D eigenvalue weighted by Gasteiger charge is -2.22. The van der Waals surface area contributed by atoms with Crippen LogP contribution >= 0.6 is 0 Å². The van der Waals surface area contributed by atoms with Crippen molar-refractivity contribution in [2.75, 3.05) is 17.6 Å². The third-order valence-electron chi connectivity index (χ3n) is 4.07. The highest BCUT2D eigenvalue weighted by Crippen LogP contribution is 2.24. The van der Waals surface area contributed by atoms with Gasteiger partial charge >= 0.3 is 0 Å². The largest absolute Gasteiger partial charge is 0.384 e. The van der Waals surface area contributed by atoms with Gasteiger partial charge in [0.15, 0.2) is 5.82 Å². The van der Waals surface area contributed by atoms with Gasteiger partial charge in [-0.2, -0.15) is 0 Å². The van der Waals surface area contributed by atoms with Crippen molar-refractivity contribution in [2.24, 2.45) is 5.92 Å². The number of hydrogen-bond acceptors (Lipinski definition) is 4. The zero-order chi connectivity index (χ0) is 14.5. The molecule has 4 heteroatoms. The van der Waals surface area contributed by atoms with E-state index in [0.29, 0.717) is 11.6 Å². The van der Waals surface area contributed by atoms with Crippen LogP contribution in [0.2, 0.25) is 0 Å². The predicted molar refractivity (Wildman–Crippen MR) is 86.9 cm³/mol. The minimum atomic E-state index is 0.509. The first-order valence-corrected chi connectivity index (χ1v) is 7.75. The Kier molecular flexibility index (Phi) is 4.34. The molecule has 0 unspecified atom stereocenters. The second-order valence-corrected chi connectivity index (χ2v) is 5.75. The van der Waals surface area contributed by atoms with Gasteiger partial charge < -0.3 is 11.1 Å². The molecule has 4 nitrogen and oxygen atoms in total. The van der Waals surface area contributed by atoms with Crippen LogP contribution in [0.3, 0.4) is 0 Å². The molecule has 1 aromatic carbocycles. The van der Waals surface area contributed by atoms with Crippen molar-refractivity contribution in [2.45, 2.75) is 32.1 Å². The molecule has 0 spiro atoms. The molecule has 3 rings (SSSR count). The fourth-order valence-corrected chi connectivity index (χ4v) is 2.91. The Balaban J connectivity index is 1.72. The smallest absolute Gasteiger partial charge is 0.163 e. The monoisotopic (exact) mass is 282 g/mol. The summed E-state index contributed by atoms with van der Waals surface area (Å²) in [7, 11) is 0. The second kappa shape index (κ2) is 6.57. The fourth-order valence-electron chi connectivity index (χ4n) is 2.91. The van der Waals surface area contributed by atoms with Gasteiger partial charge in [-0.15, -0.1) is 0 Å². The molecule has 0 bridgehead atoms. The van der Waals surface area contributed by atoms with Gasteiger partial charge in [0.1, 0.15) is 11.6 Å². The standard InChI is InChI=1S/C17H22N4/c18-15-11-16(19-12-13-7-3-1-4-8-13)21-17(20-15)14-9-5-2-6-10-14/h2,5-6,9-11,13H,1,3-4,7-8,12H2,(H3,18,19,20,21). The molecule has 110 valence electrons. The maximum Gasteiger partial charge on any atom is 0.163 e. The first kappa shape index (κ1) is 13.9. The lowest BCUT2D eigenvalue weighted by Crippen LogP contribution is -2.18. The first-order chi connectivity index (χ1) is 10.3. The molecule has 0 saturated heterocycles. The summed E-state index contributed by atoms with van der Waals surface area (Å²) in [6, 6.07) is 11.8. The average Bonchev–Trinajstić information content (AvgIpc) is 2.54. The van der Waals surface area contributed by atoms with Crippen LogP contribution in [-0.4, -0.2) is 16.5 Å². The van der Waals surface area contributed by atoms with Crippen LogP contribution in [-0.2, 0) is 0 Å². The molecule has 1 aromatic heterocycles. The van der Waals surface area contributed by atoms with Crippen molar-refractivity contribution in [1.82, 2.24) is 9.97 Å². The molecule has 1 aliphatic carbocycles. The minimum Gasteiger partial charge on any atom is -0.384 e. The summed E-state index contributed by atoms with van der Waals surface area (Å²) >= 11 is 0. The number of nitrogen functional groups attached to an aromatic ring is 1. The zero-order valence-electron chi connectivity index (χ0n) is 12.3. The van der Waals surface area contributed by atoms with E-state index in [0.717, 1.165) is 23.8 Å². The van der Waals surface area contributed by atoms with Gasteiger partial charge in [0.05, 0.1) is 0 Å². The van der Waals surface area contributed by atoms with Crippen LogP contribution in [0.25, 0.3) is 11.4 Å². The first-order valence-electron chi connectivity index (χ1n) is 7.75. The van der Waals surface area contributed by atoms with Crippen molar-refractivity contribution in [1.29, 1.82) is 0 Å².